The lowest BCUT2D eigenvalue weighted by Gasteiger charge is -2.45. The lowest BCUT2D eigenvalue weighted by molar-refractivity contribution is -0.101. The average Bonchev–Trinajstić information content (AvgIpc) is 2.61. The third-order valence-corrected chi connectivity index (χ3v) is 5.11. The third kappa shape index (κ3) is 4.30. The minimum atomic E-state index is -0.985. The molecule has 1 heterocycles. The molecule has 1 fully saturated rings. The Morgan fingerprint density at radius 1 is 1.19 bits per heavy atom. The number of aliphatic hydroxyl groups is 1. The Balaban J connectivity index is 1.85. The van der Waals surface area contributed by atoms with Crippen molar-refractivity contribution in [3.63, 3.8) is 0 Å². The second-order valence-corrected chi connectivity index (χ2v) is 7.89. The zero-order chi connectivity index (χ0) is 19.7. The van der Waals surface area contributed by atoms with Crippen molar-refractivity contribution < 1.29 is 19.0 Å². The Bertz CT molecular complexity index is 785. The third-order valence-electron chi connectivity index (χ3n) is 5.11. The van der Waals surface area contributed by atoms with Crippen LogP contribution in [0.1, 0.15) is 50.8 Å². The molecule has 3 rings (SSSR count). The van der Waals surface area contributed by atoms with Crippen LogP contribution in [-0.4, -0.2) is 28.2 Å². The van der Waals surface area contributed by atoms with E-state index >= 15 is 0 Å². The molecule has 2 atom stereocenters. The van der Waals surface area contributed by atoms with E-state index in [1.165, 1.54) is 12.1 Å². The fraction of sp³-hybridized carbons (Fsp3) is 0.409. The van der Waals surface area contributed by atoms with Gasteiger partial charge in [0, 0.05) is 19.4 Å². The van der Waals surface area contributed by atoms with Crippen molar-refractivity contribution in [3.8, 4) is 0 Å². The second kappa shape index (κ2) is 7.31. The molecule has 0 radical (unpaired) electrons. The van der Waals surface area contributed by atoms with Gasteiger partial charge >= 0.3 is 6.09 Å². The summed E-state index contributed by atoms with van der Waals surface area (Å²) in [6, 6.07) is 15.5. The SMILES string of the molecule is C[C@@H](c1ccc(F)cc1)N1CCC(CC(C)(C)O)(c2ccccc2)OC1=O. The maximum absolute atomic E-state index is 13.2. The minimum Gasteiger partial charge on any atom is -0.438 e. The summed E-state index contributed by atoms with van der Waals surface area (Å²) in [6.45, 7) is 5.83. The van der Waals surface area contributed by atoms with Crippen LogP contribution in [0.15, 0.2) is 54.6 Å². The van der Waals surface area contributed by atoms with Crippen LogP contribution >= 0.6 is 0 Å². The molecule has 1 N–H and O–H groups in total. The van der Waals surface area contributed by atoms with Crippen molar-refractivity contribution in [1.82, 2.24) is 4.90 Å². The first-order chi connectivity index (χ1) is 12.7. The molecule has 0 aliphatic carbocycles. The molecule has 2 aromatic rings. The van der Waals surface area contributed by atoms with Gasteiger partial charge in [-0.3, -0.25) is 0 Å². The monoisotopic (exact) mass is 371 g/mol. The van der Waals surface area contributed by atoms with Gasteiger partial charge in [0.1, 0.15) is 11.4 Å². The van der Waals surface area contributed by atoms with E-state index in [1.807, 2.05) is 37.3 Å². The van der Waals surface area contributed by atoms with Gasteiger partial charge in [0.2, 0.25) is 0 Å². The molecule has 1 aliphatic rings. The maximum atomic E-state index is 13.2. The Kier molecular flexibility index (Phi) is 5.24. The topological polar surface area (TPSA) is 49.8 Å². The molecule has 0 aromatic heterocycles. The van der Waals surface area contributed by atoms with Gasteiger partial charge < -0.3 is 14.7 Å². The van der Waals surface area contributed by atoms with E-state index in [1.54, 1.807) is 30.9 Å². The van der Waals surface area contributed by atoms with E-state index in [0.29, 0.717) is 19.4 Å². The van der Waals surface area contributed by atoms with Gasteiger partial charge in [-0.25, -0.2) is 9.18 Å². The van der Waals surface area contributed by atoms with Crippen LogP contribution in [0.4, 0.5) is 9.18 Å². The van der Waals surface area contributed by atoms with Crippen LogP contribution < -0.4 is 0 Å². The molecule has 1 aliphatic heterocycles. The van der Waals surface area contributed by atoms with Crippen LogP contribution in [0.2, 0.25) is 0 Å². The smallest absolute Gasteiger partial charge is 0.411 e. The van der Waals surface area contributed by atoms with E-state index in [9.17, 15) is 14.3 Å². The number of carbonyl (C=O) groups is 1. The van der Waals surface area contributed by atoms with Crippen LogP contribution in [-0.2, 0) is 10.3 Å². The Hall–Kier alpha value is -2.40. The number of ether oxygens (including phenoxy) is 1. The number of carbonyl (C=O) groups excluding carboxylic acids is 1. The number of hydrogen-bond acceptors (Lipinski definition) is 3. The Morgan fingerprint density at radius 2 is 1.81 bits per heavy atom. The van der Waals surface area contributed by atoms with Crippen LogP contribution in [0, 0.1) is 5.82 Å². The van der Waals surface area contributed by atoms with Crippen LogP contribution in [0.3, 0.4) is 0 Å². The summed E-state index contributed by atoms with van der Waals surface area (Å²) in [7, 11) is 0. The molecule has 5 heteroatoms. The Labute approximate surface area is 159 Å². The van der Waals surface area contributed by atoms with E-state index in [-0.39, 0.29) is 11.9 Å². The van der Waals surface area contributed by atoms with Crippen molar-refractivity contribution >= 4 is 6.09 Å². The zero-order valence-electron chi connectivity index (χ0n) is 16.0. The van der Waals surface area contributed by atoms with E-state index in [2.05, 4.69) is 0 Å². The van der Waals surface area contributed by atoms with E-state index in [0.717, 1.165) is 11.1 Å². The molecule has 4 nitrogen and oxygen atoms in total. The number of halogens is 1. The van der Waals surface area contributed by atoms with Gasteiger partial charge in [0.25, 0.3) is 0 Å². The molecule has 2 aromatic carbocycles. The van der Waals surface area contributed by atoms with Crippen molar-refractivity contribution in [1.29, 1.82) is 0 Å². The predicted octanol–water partition coefficient (Wildman–Crippen LogP) is 4.79. The molecular weight excluding hydrogens is 345 g/mol. The van der Waals surface area contributed by atoms with Gasteiger partial charge in [0.15, 0.2) is 0 Å². The highest BCUT2D eigenvalue weighted by molar-refractivity contribution is 5.70. The van der Waals surface area contributed by atoms with Gasteiger partial charge in [-0.15, -0.1) is 0 Å². The van der Waals surface area contributed by atoms with Crippen molar-refractivity contribution in [2.75, 3.05) is 6.54 Å². The highest BCUT2D eigenvalue weighted by Crippen LogP contribution is 2.42. The van der Waals surface area contributed by atoms with Gasteiger partial charge in [-0.1, -0.05) is 42.5 Å². The van der Waals surface area contributed by atoms with E-state index in [4.69, 9.17) is 4.74 Å². The molecule has 144 valence electrons. The standard InChI is InChI=1S/C22H26FNO3/c1-16(17-9-11-19(23)12-10-17)24-14-13-22(27-20(24)25,15-21(2,3)26)18-7-5-4-6-8-18/h4-12,16,26H,13-15H2,1-3H3/t16-,22?/m0/s1. The summed E-state index contributed by atoms with van der Waals surface area (Å²) in [4.78, 5) is 14.6. The largest absolute Gasteiger partial charge is 0.438 e. The highest BCUT2D eigenvalue weighted by Gasteiger charge is 2.46. The number of benzene rings is 2. The predicted molar refractivity (Wildman–Crippen MR) is 102 cm³/mol. The fourth-order valence-electron chi connectivity index (χ4n) is 3.81. The minimum absolute atomic E-state index is 0.228. The second-order valence-electron chi connectivity index (χ2n) is 7.89. The molecule has 0 saturated carbocycles. The molecule has 0 bridgehead atoms. The first-order valence-electron chi connectivity index (χ1n) is 9.23. The molecule has 0 spiro atoms. The molecule has 1 amide bonds. The van der Waals surface area contributed by atoms with Crippen LogP contribution in [0.5, 0.6) is 0 Å². The summed E-state index contributed by atoms with van der Waals surface area (Å²) in [5, 5.41) is 10.4. The lowest BCUT2D eigenvalue weighted by Crippen LogP contribution is -2.51. The normalized spacial score (nSPS) is 21.7. The highest BCUT2D eigenvalue weighted by atomic mass is 19.1. The molecule has 27 heavy (non-hydrogen) atoms. The zero-order valence-corrected chi connectivity index (χ0v) is 16.0. The first kappa shape index (κ1) is 19.4. The van der Waals surface area contributed by atoms with Gasteiger partial charge in [-0.2, -0.15) is 0 Å². The van der Waals surface area contributed by atoms with Crippen LogP contribution in [0.25, 0.3) is 0 Å². The van der Waals surface area contributed by atoms with Gasteiger partial charge in [0.05, 0.1) is 11.6 Å². The molecule has 1 unspecified atom stereocenters. The maximum Gasteiger partial charge on any atom is 0.411 e. The average molecular weight is 371 g/mol. The van der Waals surface area contributed by atoms with Crippen molar-refractivity contribution in [2.45, 2.75) is 50.9 Å². The number of hydrogen-bond donors (Lipinski definition) is 1. The number of cyclic esters (lactones) is 1. The van der Waals surface area contributed by atoms with Gasteiger partial charge in [-0.05, 0) is 44.0 Å². The first-order valence-corrected chi connectivity index (χ1v) is 9.23. The summed E-state index contributed by atoms with van der Waals surface area (Å²) in [6.07, 6.45) is 0.457. The molecule has 1 saturated heterocycles. The summed E-state index contributed by atoms with van der Waals surface area (Å²) < 4.78 is 19.2. The fourth-order valence-corrected chi connectivity index (χ4v) is 3.81. The summed E-state index contributed by atoms with van der Waals surface area (Å²) >= 11 is 0. The number of amides is 1. The van der Waals surface area contributed by atoms with Crippen molar-refractivity contribution in [2.24, 2.45) is 0 Å². The van der Waals surface area contributed by atoms with Crippen molar-refractivity contribution in [3.05, 3.63) is 71.5 Å². The van der Waals surface area contributed by atoms with E-state index < -0.39 is 17.3 Å². The number of rotatable bonds is 5. The molecular formula is C22H26FNO3. The Morgan fingerprint density at radius 3 is 2.37 bits per heavy atom. The lowest BCUT2D eigenvalue weighted by atomic mass is 9.80. The summed E-state index contributed by atoms with van der Waals surface area (Å²) in [5.74, 6) is -0.305. The summed E-state index contributed by atoms with van der Waals surface area (Å²) in [5.41, 5.74) is -0.117. The quantitative estimate of drug-likeness (QED) is 0.822. The number of nitrogens with zero attached hydrogens (tertiary/aromatic N) is 1.